The lowest BCUT2D eigenvalue weighted by Gasteiger charge is -2.21. The molecule has 0 aromatic heterocycles. The first-order valence-electron chi connectivity index (χ1n) is 4.81. The third-order valence-corrected chi connectivity index (χ3v) is 3.60. The van der Waals surface area contributed by atoms with Gasteiger partial charge in [0.15, 0.2) is 0 Å². The van der Waals surface area contributed by atoms with E-state index in [1.807, 2.05) is 0 Å². The van der Waals surface area contributed by atoms with E-state index in [2.05, 4.69) is 5.92 Å². The van der Waals surface area contributed by atoms with E-state index in [9.17, 15) is 0 Å². The van der Waals surface area contributed by atoms with Crippen LogP contribution in [0.4, 0.5) is 0 Å². The smallest absolute Gasteiger partial charge is 0.0205 e. The minimum absolute atomic E-state index is 0.619. The summed E-state index contributed by atoms with van der Waals surface area (Å²) in [6.07, 6.45) is 15.3. The third-order valence-electron chi connectivity index (χ3n) is 3.60. The minimum Gasteiger partial charge on any atom is -0.120 e. The van der Waals surface area contributed by atoms with E-state index in [-0.39, 0.29) is 0 Å². The third kappa shape index (κ3) is 1.18. The maximum Gasteiger partial charge on any atom is 0.0205 e. The zero-order valence-corrected chi connectivity index (χ0v) is 7.10. The molecule has 1 atom stereocenters. The van der Waals surface area contributed by atoms with Crippen molar-refractivity contribution in [3.63, 3.8) is 0 Å². The van der Waals surface area contributed by atoms with E-state index in [4.69, 9.17) is 6.42 Å². The molecule has 0 bridgehead atoms. The molecule has 2 saturated carbocycles. The van der Waals surface area contributed by atoms with Crippen molar-refractivity contribution in [2.45, 2.75) is 44.9 Å². The second kappa shape index (κ2) is 2.55. The molecule has 0 aliphatic heterocycles. The molecule has 0 nitrogen and oxygen atoms in total. The Labute approximate surface area is 69.4 Å². The monoisotopic (exact) mass is 148 g/mol. The Kier molecular flexibility index (Phi) is 1.68. The van der Waals surface area contributed by atoms with Crippen molar-refractivity contribution in [2.24, 2.45) is 11.3 Å². The molecule has 0 radical (unpaired) electrons. The lowest BCUT2D eigenvalue weighted by Crippen LogP contribution is -2.10. The van der Waals surface area contributed by atoms with Gasteiger partial charge in [-0.15, -0.1) is 12.3 Å². The average Bonchev–Trinajstić information content (AvgIpc) is 2.62. The van der Waals surface area contributed by atoms with E-state index in [1.165, 1.54) is 44.9 Å². The summed E-state index contributed by atoms with van der Waals surface area (Å²) in [6, 6.07) is 0. The number of hydrogen-bond donors (Lipinski definition) is 0. The van der Waals surface area contributed by atoms with Crippen LogP contribution in [0.15, 0.2) is 0 Å². The fraction of sp³-hybridized carbons (Fsp3) is 0.818. The maximum atomic E-state index is 5.43. The summed E-state index contributed by atoms with van der Waals surface area (Å²) in [5.74, 6) is 3.53. The fourth-order valence-electron chi connectivity index (χ4n) is 2.93. The zero-order chi connectivity index (χ0) is 7.73. The molecule has 1 unspecified atom stereocenters. The van der Waals surface area contributed by atoms with Gasteiger partial charge in [0.05, 0.1) is 0 Å². The van der Waals surface area contributed by atoms with Crippen LogP contribution in [0.3, 0.4) is 0 Å². The van der Waals surface area contributed by atoms with Gasteiger partial charge < -0.3 is 0 Å². The molecule has 0 N–H and O–H groups in total. The van der Waals surface area contributed by atoms with Gasteiger partial charge in [-0.3, -0.25) is 0 Å². The molecule has 2 rings (SSSR count). The lowest BCUT2D eigenvalue weighted by atomic mass is 9.84. The fourth-order valence-corrected chi connectivity index (χ4v) is 2.93. The summed E-state index contributed by atoms with van der Waals surface area (Å²) < 4.78 is 0. The van der Waals surface area contributed by atoms with Crippen LogP contribution in [0.1, 0.15) is 44.9 Å². The van der Waals surface area contributed by atoms with Crippen LogP contribution >= 0.6 is 0 Å². The first-order valence-corrected chi connectivity index (χ1v) is 4.81. The summed E-state index contributed by atoms with van der Waals surface area (Å²) in [7, 11) is 0. The van der Waals surface area contributed by atoms with E-state index >= 15 is 0 Å². The molecular formula is C11H16. The number of rotatable bonds is 0. The summed E-state index contributed by atoms with van der Waals surface area (Å²) in [5, 5.41) is 0. The number of hydrogen-bond acceptors (Lipinski definition) is 0. The van der Waals surface area contributed by atoms with Gasteiger partial charge >= 0.3 is 0 Å². The predicted molar refractivity (Wildman–Crippen MR) is 47.1 cm³/mol. The first-order chi connectivity index (χ1) is 5.35. The van der Waals surface area contributed by atoms with Gasteiger partial charge in [0.1, 0.15) is 0 Å². The molecule has 2 aliphatic rings. The molecule has 0 saturated heterocycles. The van der Waals surface area contributed by atoms with Crippen LogP contribution in [0, 0.1) is 23.7 Å². The Morgan fingerprint density at radius 2 is 1.91 bits per heavy atom. The minimum atomic E-state index is 0.619. The largest absolute Gasteiger partial charge is 0.120 e. The van der Waals surface area contributed by atoms with Crippen LogP contribution in [-0.2, 0) is 0 Å². The molecule has 0 aromatic rings. The Morgan fingerprint density at radius 3 is 2.45 bits per heavy atom. The molecule has 60 valence electrons. The lowest BCUT2D eigenvalue weighted by molar-refractivity contribution is 0.303. The van der Waals surface area contributed by atoms with Crippen molar-refractivity contribution in [2.75, 3.05) is 0 Å². The summed E-state index contributed by atoms with van der Waals surface area (Å²) in [6.45, 7) is 0. The first kappa shape index (κ1) is 7.22. The molecule has 11 heavy (non-hydrogen) atoms. The highest BCUT2D eigenvalue weighted by atomic mass is 14.4. The van der Waals surface area contributed by atoms with Crippen molar-refractivity contribution in [3.8, 4) is 12.3 Å². The summed E-state index contributed by atoms with van der Waals surface area (Å²) >= 11 is 0. The standard InChI is InChI=1S/C11H16/c1-2-10-5-8-11(9-10)6-3-4-7-11/h1,10H,3-9H2. The Morgan fingerprint density at radius 1 is 1.18 bits per heavy atom. The van der Waals surface area contributed by atoms with E-state index in [0.29, 0.717) is 5.92 Å². The predicted octanol–water partition coefficient (Wildman–Crippen LogP) is 2.98. The van der Waals surface area contributed by atoms with Gasteiger partial charge in [0.25, 0.3) is 0 Å². The highest BCUT2D eigenvalue weighted by Crippen LogP contribution is 2.52. The second-order valence-corrected chi connectivity index (χ2v) is 4.31. The second-order valence-electron chi connectivity index (χ2n) is 4.31. The molecule has 2 aliphatic carbocycles. The van der Waals surface area contributed by atoms with Gasteiger partial charge in [0, 0.05) is 5.92 Å². The molecular weight excluding hydrogens is 132 g/mol. The maximum absolute atomic E-state index is 5.43. The van der Waals surface area contributed by atoms with Crippen LogP contribution in [-0.4, -0.2) is 0 Å². The van der Waals surface area contributed by atoms with Crippen molar-refractivity contribution < 1.29 is 0 Å². The SMILES string of the molecule is C#CC1CCC2(CCCC2)C1. The van der Waals surface area contributed by atoms with Gasteiger partial charge in [-0.05, 0) is 37.5 Å². The van der Waals surface area contributed by atoms with Crippen molar-refractivity contribution in [1.29, 1.82) is 0 Å². The van der Waals surface area contributed by atoms with Crippen molar-refractivity contribution in [3.05, 3.63) is 0 Å². The Hall–Kier alpha value is -0.440. The van der Waals surface area contributed by atoms with E-state index < -0.39 is 0 Å². The quantitative estimate of drug-likeness (QED) is 0.463. The van der Waals surface area contributed by atoms with Gasteiger partial charge in [-0.1, -0.05) is 12.8 Å². The molecule has 0 amide bonds. The normalized spacial score (nSPS) is 34.3. The molecule has 2 fully saturated rings. The molecule has 0 heteroatoms. The summed E-state index contributed by atoms with van der Waals surface area (Å²) in [4.78, 5) is 0. The van der Waals surface area contributed by atoms with Gasteiger partial charge in [-0.2, -0.15) is 0 Å². The van der Waals surface area contributed by atoms with Crippen molar-refractivity contribution >= 4 is 0 Å². The van der Waals surface area contributed by atoms with Crippen LogP contribution in [0.25, 0.3) is 0 Å². The highest BCUT2D eigenvalue weighted by Gasteiger charge is 2.40. The highest BCUT2D eigenvalue weighted by molar-refractivity contribution is 5.03. The van der Waals surface area contributed by atoms with Gasteiger partial charge in [-0.25, -0.2) is 0 Å². The topological polar surface area (TPSA) is 0 Å². The number of terminal acetylenes is 1. The van der Waals surface area contributed by atoms with Crippen LogP contribution < -0.4 is 0 Å². The molecule has 0 aromatic carbocycles. The van der Waals surface area contributed by atoms with E-state index in [1.54, 1.807) is 0 Å². The Bertz CT molecular complexity index is 179. The molecule has 0 heterocycles. The Balaban J connectivity index is 2.03. The van der Waals surface area contributed by atoms with Crippen LogP contribution in [0.2, 0.25) is 0 Å². The summed E-state index contributed by atoms with van der Waals surface area (Å²) in [5.41, 5.74) is 0.719. The van der Waals surface area contributed by atoms with Gasteiger partial charge in [0.2, 0.25) is 0 Å². The average molecular weight is 148 g/mol. The van der Waals surface area contributed by atoms with Crippen molar-refractivity contribution in [1.82, 2.24) is 0 Å². The van der Waals surface area contributed by atoms with E-state index in [0.717, 1.165) is 5.41 Å². The van der Waals surface area contributed by atoms with Crippen LogP contribution in [0.5, 0.6) is 0 Å². The molecule has 1 spiro atoms. The zero-order valence-electron chi connectivity index (χ0n) is 7.10.